The van der Waals surface area contributed by atoms with Crippen molar-refractivity contribution in [3.05, 3.63) is 63.1 Å². The molecule has 2 rings (SSSR count). The van der Waals surface area contributed by atoms with E-state index in [0.29, 0.717) is 11.4 Å². The molecule has 0 saturated heterocycles. The molecule has 2 aromatic carbocycles. The summed E-state index contributed by atoms with van der Waals surface area (Å²) in [5.74, 6) is 0.253. The third-order valence-electron chi connectivity index (χ3n) is 3.70. The Bertz CT molecular complexity index is 851. The van der Waals surface area contributed by atoms with Crippen LogP contribution in [0.3, 0.4) is 0 Å². The molecule has 0 fully saturated rings. The third kappa shape index (κ3) is 4.03. The van der Waals surface area contributed by atoms with E-state index in [-0.39, 0.29) is 5.57 Å². The molecule has 0 aliphatic rings. The van der Waals surface area contributed by atoms with E-state index >= 15 is 0 Å². The monoisotopic (exact) mass is 384 g/mol. The van der Waals surface area contributed by atoms with Crippen LogP contribution in [0, 0.1) is 25.2 Å². The van der Waals surface area contributed by atoms with Crippen molar-refractivity contribution < 1.29 is 9.53 Å². The second-order valence-electron chi connectivity index (χ2n) is 5.27. The van der Waals surface area contributed by atoms with Gasteiger partial charge in [-0.25, -0.2) is 0 Å². The van der Waals surface area contributed by atoms with Crippen LogP contribution in [-0.4, -0.2) is 13.0 Å². The first-order valence-corrected chi connectivity index (χ1v) is 8.08. The molecule has 0 heterocycles. The van der Waals surface area contributed by atoms with Crippen LogP contribution in [0.5, 0.6) is 5.75 Å². The van der Waals surface area contributed by atoms with Crippen molar-refractivity contribution in [2.45, 2.75) is 13.8 Å². The minimum absolute atomic E-state index is 0.0352. The number of benzene rings is 2. The summed E-state index contributed by atoms with van der Waals surface area (Å²) in [6.45, 7) is 3.90. The zero-order chi connectivity index (χ0) is 17.7. The number of rotatable bonds is 4. The molecule has 122 valence electrons. The maximum absolute atomic E-state index is 12.4. The number of carbonyl (C=O) groups is 1. The van der Waals surface area contributed by atoms with Crippen LogP contribution in [-0.2, 0) is 4.79 Å². The van der Waals surface area contributed by atoms with Gasteiger partial charge in [-0.05, 0) is 70.7 Å². The number of carbonyl (C=O) groups excluding carboxylic acids is 1. The summed E-state index contributed by atoms with van der Waals surface area (Å²) in [5.41, 5.74) is 3.53. The van der Waals surface area contributed by atoms with Crippen LogP contribution in [0.1, 0.15) is 16.7 Å². The van der Waals surface area contributed by atoms with Crippen LogP contribution < -0.4 is 10.1 Å². The second-order valence-corrected chi connectivity index (χ2v) is 6.12. The molecule has 0 aromatic heterocycles. The lowest BCUT2D eigenvalue weighted by atomic mass is 10.1. The Morgan fingerprint density at radius 2 is 2.04 bits per heavy atom. The highest BCUT2D eigenvalue weighted by molar-refractivity contribution is 9.10. The lowest BCUT2D eigenvalue weighted by molar-refractivity contribution is -0.112. The molecule has 0 bridgehead atoms. The number of halogens is 1. The number of nitriles is 1. The molecule has 0 aliphatic heterocycles. The van der Waals surface area contributed by atoms with Crippen molar-refractivity contribution in [3.8, 4) is 11.8 Å². The van der Waals surface area contributed by atoms with E-state index in [9.17, 15) is 10.1 Å². The van der Waals surface area contributed by atoms with Gasteiger partial charge in [0.1, 0.15) is 17.4 Å². The highest BCUT2D eigenvalue weighted by Crippen LogP contribution is 2.26. The van der Waals surface area contributed by atoms with Gasteiger partial charge in [0, 0.05) is 5.69 Å². The molecule has 5 heteroatoms. The van der Waals surface area contributed by atoms with Crippen LogP contribution in [0.25, 0.3) is 6.08 Å². The van der Waals surface area contributed by atoms with E-state index in [1.807, 2.05) is 38.1 Å². The maximum atomic E-state index is 12.4. The topological polar surface area (TPSA) is 62.1 Å². The third-order valence-corrected chi connectivity index (χ3v) is 4.32. The number of amides is 1. The van der Waals surface area contributed by atoms with Crippen molar-refractivity contribution in [2.75, 3.05) is 12.4 Å². The summed E-state index contributed by atoms with van der Waals surface area (Å²) in [4.78, 5) is 12.4. The van der Waals surface area contributed by atoms with E-state index in [0.717, 1.165) is 21.2 Å². The number of anilines is 1. The Balaban J connectivity index is 2.27. The lowest BCUT2D eigenvalue weighted by Crippen LogP contribution is -2.14. The van der Waals surface area contributed by atoms with E-state index in [4.69, 9.17) is 4.74 Å². The normalized spacial score (nSPS) is 10.9. The number of ether oxygens (including phenoxy) is 1. The van der Waals surface area contributed by atoms with Gasteiger partial charge in [-0.2, -0.15) is 5.26 Å². The first-order valence-electron chi connectivity index (χ1n) is 7.29. The predicted octanol–water partition coefficient (Wildman–Crippen LogP) is 4.62. The summed E-state index contributed by atoms with van der Waals surface area (Å²) in [5, 5.41) is 12.1. The maximum Gasteiger partial charge on any atom is 0.266 e. The fourth-order valence-corrected chi connectivity index (χ4v) is 2.72. The van der Waals surface area contributed by atoms with Gasteiger partial charge in [0.15, 0.2) is 0 Å². The molecule has 2 aromatic rings. The summed E-state index contributed by atoms with van der Waals surface area (Å²) in [6, 6.07) is 13.0. The minimum atomic E-state index is -0.432. The number of hydrogen-bond donors (Lipinski definition) is 1. The zero-order valence-electron chi connectivity index (χ0n) is 13.7. The van der Waals surface area contributed by atoms with Crippen molar-refractivity contribution in [1.82, 2.24) is 0 Å². The van der Waals surface area contributed by atoms with Crippen LogP contribution >= 0.6 is 15.9 Å². The van der Waals surface area contributed by atoms with Crippen molar-refractivity contribution in [1.29, 1.82) is 5.26 Å². The van der Waals surface area contributed by atoms with E-state index in [2.05, 4.69) is 21.2 Å². The van der Waals surface area contributed by atoms with E-state index < -0.39 is 5.91 Å². The number of nitrogens with one attached hydrogen (secondary N) is 1. The fraction of sp³-hybridized carbons (Fsp3) is 0.158. The minimum Gasteiger partial charge on any atom is -0.496 e. The van der Waals surface area contributed by atoms with Gasteiger partial charge < -0.3 is 10.1 Å². The molecule has 24 heavy (non-hydrogen) atoms. The molecule has 0 saturated carbocycles. The molecule has 1 amide bonds. The highest BCUT2D eigenvalue weighted by atomic mass is 79.9. The quantitative estimate of drug-likeness (QED) is 0.617. The van der Waals surface area contributed by atoms with Gasteiger partial charge in [0.05, 0.1) is 11.6 Å². The fourth-order valence-electron chi connectivity index (χ4n) is 2.16. The summed E-state index contributed by atoms with van der Waals surface area (Å²) in [6.07, 6.45) is 1.55. The summed E-state index contributed by atoms with van der Waals surface area (Å²) < 4.78 is 5.93. The molecule has 1 N–H and O–H groups in total. The first-order chi connectivity index (χ1) is 11.5. The van der Waals surface area contributed by atoms with Gasteiger partial charge in [0.2, 0.25) is 0 Å². The summed E-state index contributed by atoms with van der Waals surface area (Å²) >= 11 is 3.39. The standard InChI is InChI=1S/C19H17BrN2O2/c1-12-5-4-6-17(13(12)2)22-19(23)15(11-21)9-14-7-8-18(24-3)16(20)10-14/h4-10H,1-3H3,(H,22,23)/b15-9+. The molecule has 0 atom stereocenters. The van der Waals surface area contributed by atoms with Crippen molar-refractivity contribution >= 4 is 33.6 Å². The van der Waals surface area contributed by atoms with Crippen molar-refractivity contribution in [2.24, 2.45) is 0 Å². The first kappa shape index (κ1) is 17.8. The Morgan fingerprint density at radius 3 is 2.67 bits per heavy atom. The number of methoxy groups -OCH3 is 1. The summed E-state index contributed by atoms with van der Waals surface area (Å²) in [7, 11) is 1.58. The highest BCUT2D eigenvalue weighted by Gasteiger charge is 2.12. The predicted molar refractivity (Wildman–Crippen MR) is 98.8 cm³/mol. The van der Waals surface area contributed by atoms with Gasteiger partial charge >= 0.3 is 0 Å². The zero-order valence-corrected chi connectivity index (χ0v) is 15.3. The van der Waals surface area contributed by atoms with Gasteiger partial charge in [-0.1, -0.05) is 18.2 Å². The average molecular weight is 385 g/mol. The Hall–Kier alpha value is -2.58. The lowest BCUT2D eigenvalue weighted by Gasteiger charge is -2.10. The van der Waals surface area contributed by atoms with Crippen LogP contribution in [0.2, 0.25) is 0 Å². The molecule has 0 aliphatic carbocycles. The van der Waals surface area contributed by atoms with Crippen molar-refractivity contribution in [3.63, 3.8) is 0 Å². The number of hydrogen-bond acceptors (Lipinski definition) is 3. The van der Waals surface area contributed by atoms with E-state index in [1.165, 1.54) is 0 Å². The SMILES string of the molecule is COc1ccc(/C=C(\C#N)C(=O)Nc2cccc(C)c2C)cc1Br. The Labute approximate surface area is 149 Å². The van der Waals surface area contributed by atoms with Gasteiger partial charge in [-0.3, -0.25) is 4.79 Å². The Kier molecular flexibility index (Phi) is 5.78. The smallest absolute Gasteiger partial charge is 0.266 e. The molecule has 0 unspecified atom stereocenters. The molecular weight excluding hydrogens is 368 g/mol. The molecule has 0 radical (unpaired) electrons. The largest absolute Gasteiger partial charge is 0.496 e. The van der Waals surface area contributed by atoms with Gasteiger partial charge in [0.25, 0.3) is 5.91 Å². The molecule has 0 spiro atoms. The number of nitrogens with zero attached hydrogens (tertiary/aromatic N) is 1. The molecular formula is C19H17BrN2O2. The van der Waals surface area contributed by atoms with Crippen LogP contribution in [0.4, 0.5) is 5.69 Å². The van der Waals surface area contributed by atoms with E-state index in [1.54, 1.807) is 31.4 Å². The number of aryl methyl sites for hydroxylation is 1. The van der Waals surface area contributed by atoms with Gasteiger partial charge in [-0.15, -0.1) is 0 Å². The second kappa shape index (κ2) is 7.80. The van der Waals surface area contributed by atoms with Crippen LogP contribution in [0.15, 0.2) is 46.4 Å². The molecule has 4 nitrogen and oxygen atoms in total. The average Bonchev–Trinajstić information content (AvgIpc) is 2.57. The Morgan fingerprint density at radius 1 is 1.29 bits per heavy atom.